The molecule has 1 aliphatic rings. The van der Waals surface area contributed by atoms with Gasteiger partial charge in [-0.3, -0.25) is 14.4 Å². The number of aryl methyl sites for hydroxylation is 1. The third-order valence-corrected chi connectivity index (χ3v) is 6.74. The van der Waals surface area contributed by atoms with Crippen molar-refractivity contribution in [2.75, 3.05) is 12.4 Å². The lowest BCUT2D eigenvalue weighted by molar-refractivity contribution is -0.118. The molecule has 2 aromatic carbocycles. The Morgan fingerprint density at radius 3 is 2.62 bits per heavy atom. The summed E-state index contributed by atoms with van der Waals surface area (Å²) in [5.41, 5.74) is 0.453. The van der Waals surface area contributed by atoms with Crippen molar-refractivity contribution in [2.24, 2.45) is 0 Å². The lowest BCUT2D eigenvalue weighted by Gasteiger charge is -2.30. The van der Waals surface area contributed by atoms with Gasteiger partial charge in [-0.05, 0) is 31.2 Å². The van der Waals surface area contributed by atoms with Crippen LogP contribution >= 0.6 is 0 Å². The van der Waals surface area contributed by atoms with Crippen LogP contribution in [0.4, 0.5) is 5.69 Å². The monoisotopic (exact) mass is 412 g/mol. The average Bonchev–Trinajstić information content (AvgIpc) is 2.69. The molecular weight excluding hydrogens is 396 g/mol. The highest BCUT2D eigenvalue weighted by Gasteiger charge is 2.45. The van der Waals surface area contributed by atoms with Crippen LogP contribution in [0.25, 0.3) is 11.0 Å². The van der Waals surface area contributed by atoms with Gasteiger partial charge in [0.25, 0.3) is 5.91 Å². The van der Waals surface area contributed by atoms with Crippen LogP contribution in [-0.4, -0.2) is 37.5 Å². The van der Waals surface area contributed by atoms with Crippen molar-refractivity contribution < 1.29 is 22.4 Å². The van der Waals surface area contributed by atoms with E-state index in [0.717, 1.165) is 18.9 Å². The molecule has 0 saturated heterocycles. The highest BCUT2D eigenvalue weighted by Crippen LogP contribution is 2.29. The fraction of sp³-hybridized carbons (Fsp3) is 0.150. The summed E-state index contributed by atoms with van der Waals surface area (Å²) >= 11 is 0. The second-order valence-electron chi connectivity index (χ2n) is 6.75. The minimum absolute atomic E-state index is 0.0630. The number of Topliss-reactive ketones (excluding diaryl/α,β-unsaturated/α-hetero) is 1. The van der Waals surface area contributed by atoms with Gasteiger partial charge in [0.2, 0.25) is 15.5 Å². The quantitative estimate of drug-likeness (QED) is 0.644. The molecule has 9 heteroatoms. The number of amides is 1. The van der Waals surface area contributed by atoms with E-state index in [9.17, 15) is 22.8 Å². The van der Waals surface area contributed by atoms with Crippen LogP contribution in [0, 0.1) is 6.92 Å². The number of benzene rings is 2. The summed E-state index contributed by atoms with van der Waals surface area (Å²) in [6, 6.07) is 9.09. The zero-order valence-corrected chi connectivity index (χ0v) is 16.3. The number of nitrogens with zero attached hydrogens (tertiary/aromatic N) is 1. The molecule has 2 heterocycles. The lowest BCUT2D eigenvalue weighted by atomic mass is 10.0. The van der Waals surface area contributed by atoms with E-state index in [4.69, 9.17) is 4.42 Å². The Labute approximate surface area is 165 Å². The zero-order valence-electron chi connectivity index (χ0n) is 15.5. The Kier molecular flexibility index (Phi) is 4.36. The molecule has 1 aliphatic heterocycles. The van der Waals surface area contributed by atoms with E-state index in [1.807, 2.05) is 6.92 Å². The predicted octanol–water partition coefficient (Wildman–Crippen LogP) is 1.93. The number of sulfonamides is 1. The predicted molar refractivity (Wildman–Crippen MR) is 105 cm³/mol. The van der Waals surface area contributed by atoms with Gasteiger partial charge >= 0.3 is 0 Å². The third kappa shape index (κ3) is 2.95. The summed E-state index contributed by atoms with van der Waals surface area (Å²) in [6.07, 6.45) is 1.08. The molecule has 1 atom stereocenters. The number of ketones is 1. The van der Waals surface area contributed by atoms with Crippen LogP contribution in [0.3, 0.4) is 0 Å². The minimum atomic E-state index is -4.04. The van der Waals surface area contributed by atoms with Gasteiger partial charge in [0.05, 0.1) is 10.3 Å². The van der Waals surface area contributed by atoms with Gasteiger partial charge in [-0.25, -0.2) is 8.42 Å². The number of rotatable bonds is 2. The lowest BCUT2D eigenvalue weighted by Crippen LogP contribution is -2.53. The fourth-order valence-corrected chi connectivity index (χ4v) is 4.79. The summed E-state index contributed by atoms with van der Waals surface area (Å²) in [7, 11) is -2.89. The normalized spacial score (nSPS) is 18.4. The Bertz CT molecular complexity index is 1340. The SMILES string of the molecule is Cc1ccc2occ(NC(=O)C3C(=O)c4ccccc4S(=O)(=O)N3C)c(=O)c2c1. The summed E-state index contributed by atoms with van der Waals surface area (Å²) in [5, 5.41) is 2.62. The molecule has 1 unspecified atom stereocenters. The average molecular weight is 412 g/mol. The molecule has 1 amide bonds. The zero-order chi connectivity index (χ0) is 20.9. The van der Waals surface area contributed by atoms with Crippen molar-refractivity contribution in [3.05, 3.63) is 70.1 Å². The number of carbonyl (C=O) groups excluding carboxylic acids is 2. The van der Waals surface area contributed by atoms with Gasteiger partial charge in [-0.15, -0.1) is 0 Å². The fourth-order valence-electron chi connectivity index (χ4n) is 3.32. The minimum Gasteiger partial charge on any atom is -0.462 e. The molecule has 8 nitrogen and oxygen atoms in total. The maximum atomic E-state index is 12.8. The van der Waals surface area contributed by atoms with E-state index >= 15 is 0 Å². The maximum absolute atomic E-state index is 12.8. The Morgan fingerprint density at radius 2 is 1.86 bits per heavy atom. The van der Waals surface area contributed by atoms with Gasteiger partial charge < -0.3 is 9.73 Å². The third-order valence-electron chi connectivity index (χ3n) is 4.86. The number of anilines is 1. The van der Waals surface area contributed by atoms with Crippen LogP contribution in [0.1, 0.15) is 15.9 Å². The Balaban J connectivity index is 1.74. The number of likely N-dealkylation sites (N-methyl/N-ethyl adjacent to an activating group) is 1. The Morgan fingerprint density at radius 1 is 1.14 bits per heavy atom. The van der Waals surface area contributed by atoms with E-state index < -0.39 is 33.2 Å². The summed E-state index contributed by atoms with van der Waals surface area (Å²) < 4.78 is 31.5. The second-order valence-corrected chi connectivity index (χ2v) is 8.72. The van der Waals surface area contributed by atoms with Crippen molar-refractivity contribution in [3.8, 4) is 0 Å². The van der Waals surface area contributed by atoms with Crippen molar-refractivity contribution in [3.63, 3.8) is 0 Å². The molecule has 0 spiro atoms. The molecule has 0 aliphatic carbocycles. The van der Waals surface area contributed by atoms with Crippen LogP contribution in [-0.2, 0) is 14.8 Å². The van der Waals surface area contributed by atoms with Crippen molar-refractivity contribution in [1.29, 1.82) is 0 Å². The van der Waals surface area contributed by atoms with Gasteiger partial charge in [-0.2, -0.15) is 4.31 Å². The van der Waals surface area contributed by atoms with Crippen molar-refractivity contribution >= 4 is 38.4 Å². The molecule has 0 fully saturated rings. The topological polar surface area (TPSA) is 114 Å². The maximum Gasteiger partial charge on any atom is 0.251 e. The van der Waals surface area contributed by atoms with E-state index in [0.29, 0.717) is 9.89 Å². The summed E-state index contributed by atoms with van der Waals surface area (Å²) in [5.74, 6) is -1.61. The molecule has 4 rings (SSSR count). The van der Waals surface area contributed by atoms with Gasteiger partial charge in [-0.1, -0.05) is 23.8 Å². The van der Waals surface area contributed by atoms with Gasteiger partial charge in [0.15, 0.2) is 11.8 Å². The van der Waals surface area contributed by atoms with Crippen LogP contribution in [0.2, 0.25) is 0 Å². The van der Waals surface area contributed by atoms with Gasteiger partial charge in [0, 0.05) is 12.6 Å². The number of hydrogen-bond donors (Lipinski definition) is 1. The van der Waals surface area contributed by atoms with Crippen LogP contribution in [0.15, 0.2) is 62.8 Å². The molecule has 0 saturated carbocycles. The van der Waals surface area contributed by atoms with Gasteiger partial charge in [0.1, 0.15) is 17.5 Å². The van der Waals surface area contributed by atoms with E-state index in [1.165, 1.54) is 24.3 Å². The molecule has 3 aromatic rings. The smallest absolute Gasteiger partial charge is 0.251 e. The summed E-state index contributed by atoms with van der Waals surface area (Å²) in [4.78, 5) is 38.2. The van der Waals surface area contributed by atoms with Crippen molar-refractivity contribution in [2.45, 2.75) is 17.9 Å². The van der Waals surface area contributed by atoms with E-state index in [-0.39, 0.29) is 21.5 Å². The first-order chi connectivity index (χ1) is 13.7. The van der Waals surface area contributed by atoms with Crippen LogP contribution < -0.4 is 10.7 Å². The highest BCUT2D eigenvalue weighted by atomic mass is 32.2. The number of fused-ring (bicyclic) bond motifs is 2. The van der Waals surface area contributed by atoms with Crippen molar-refractivity contribution in [1.82, 2.24) is 4.31 Å². The number of nitrogens with one attached hydrogen (secondary N) is 1. The molecule has 1 N–H and O–H groups in total. The Hall–Kier alpha value is -3.30. The second kappa shape index (κ2) is 6.64. The first-order valence-electron chi connectivity index (χ1n) is 8.66. The number of hydrogen-bond acceptors (Lipinski definition) is 6. The number of carbonyl (C=O) groups is 2. The molecule has 1 aromatic heterocycles. The van der Waals surface area contributed by atoms with Crippen LogP contribution in [0.5, 0.6) is 0 Å². The first kappa shape index (κ1) is 19.0. The standard InChI is InChI=1S/C20H16N2O6S/c1-11-7-8-15-13(9-11)18(23)14(10-28-15)21-20(25)17-19(24)12-5-3-4-6-16(12)29(26,27)22(17)2/h3-10,17H,1-2H3,(H,21,25). The molecule has 0 radical (unpaired) electrons. The molecular formula is C20H16N2O6S. The molecule has 148 valence electrons. The van der Waals surface area contributed by atoms with E-state index in [1.54, 1.807) is 18.2 Å². The molecule has 0 bridgehead atoms. The largest absolute Gasteiger partial charge is 0.462 e. The summed E-state index contributed by atoms with van der Waals surface area (Å²) in [6.45, 7) is 1.81. The first-order valence-corrected chi connectivity index (χ1v) is 10.1. The highest BCUT2D eigenvalue weighted by molar-refractivity contribution is 7.89. The molecule has 29 heavy (non-hydrogen) atoms. The van der Waals surface area contributed by atoms with E-state index in [2.05, 4.69) is 5.32 Å².